The van der Waals surface area contributed by atoms with Gasteiger partial charge in [0.2, 0.25) is 0 Å². The molecule has 5 nitrogen and oxygen atoms in total. The van der Waals surface area contributed by atoms with Crippen LogP contribution in [0.1, 0.15) is 42.1 Å². The smallest absolute Gasteiger partial charge is 0.173 e. The molecule has 0 radical (unpaired) electrons. The first-order valence-electron chi connectivity index (χ1n) is 10.3. The molecule has 30 heavy (non-hydrogen) atoms. The Morgan fingerprint density at radius 3 is 2.87 bits per heavy atom. The van der Waals surface area contributed by atoms with Gasteiger partial charge in [0.15, 0.2) is 5.82 Å². The van der Waals surface area contributed by atoms with Gasteiger partial charge in [-0.3, -0.25) is 9.89 Å². The summed E-state index contributed by atoms with van der Waals surface area (Å²) < 4.78 is 6.06. The molecule has 0 saturated carbocycles. The van der Waals surface area contributed by atoms with Crippen molar-refractivity contribution in [1.82, 2.24) is 14.9 Å². The standard InChI is InChI=1S/C23H22Cl2N4O/c24-16-4-6-19(25)18(11-16)22-7-5-17(30-22)14-29-10-8-20-15(13-29)12-27-23(28-20)21-3-1-2-9-26-21/h4-7,11-12H,1-3,8-10,13-14H2. The van der Waals surface area contributed by atoms with E-state index in [0.29, 0.717) is 10.0 Å². The molecule has 5 rings (SSSR count). The first-order chi connectivity index (χ1) is 14.7. The average molecular weight is 441 g/mol. The zero-order valence-electron chi connectivity index (χ0n) is 16.6. The van der Waals surface area contributed by atoms with Crippen LogP contribution in [-0.2, 0) is 19.5 Å². The van der Waals surface area contributed by atoms with E-state index in [0.717, 1.165) is 73.3 Å². The van der Waals surface area contributed by atoms with Crippen molar-refractivity contribution in [3.8, 4) is 11.3 Å². The molecular formula is C23H22Cl2N4O. The van der Waals surface area contributed by atoms with Gasteiger partial charge >= 0.3 is 0 Å². The number of hydrogen-bond donors (Lipinski definition) is 0. The Hall–Kier alpha value is -2.21. The van der Waals surface area contributed by atoms with Crippen LogP contribution in [0.2, 0.25) is 10.0 Å². The third kappa shape index (κ3) is 4.15. The van der Waals surface area contributed by atoms with E-state index in [1.165, 1.54) is 18.4 Å². The number of hydrogen-bond acceptors (Lipinski definition) is 5. The maximum Gasteiger partial charge on any atom is 0.173 e. The molecular weight excluding hydrogens is 419 g/mol. The Morgan fingerprint density at radius 1 is 1.07 bits per heavy atom. The normalized spacial score (nSPS) is 16.9. The Balaban J connectivity index is 1.29. The number of benzene rings is 1. The number of nitrogens with zero attached hydrogens (tertiary/aromatic N) is 4. The molecule has 0 N–H and O–H groups in total. The number of fused-ring (bicyclic) bond motifs is 1. The SMILES string of the molecule is Clc1ccc(Cl)c(-c2ccc(CN3CCc4nc(C5=NCCCC5)ncc4C3)o2)c1. The molecule has 0 aliphatic carbocycles. The van der Waals surface area contributed by atoms with Crippen LogP contribution >= 0.6 is 23.2 Å². The van der Waals surface area contributed by atoms with Crippen molar-refractivity contribution in [3.05, 3.63) is 69.4 Å². The molecule has 0 bridgehead atoms. The largest absolute Gasteiger partial charge is 0.460 e. The molecule has 154 valence electrons. The fraction of sp³-hybridized carbons (Fsp3) is 0.348. The van der Waals surface area contributed by atoms with Crippen molar-refractivity contribution in [2.75, 3.05) is 13.1 Å². The van der Waals surface area contributed by atoms with Crippen LogP contribution in [0, 0.1) is 0 Å². The lowest BCUT2D eigenvalue weighted by atomic mass is 10.1. The van der Waals surface area contributed by atoms with E-state index in [4.69, 9.17) is 32.6 Å². The van der Waals surface area contributed by atoms with Gasteiger partial charge in [-0.25, -0.2) is 9.97 Å². The van der Waals surface area contributed by atoms with Crippen LogP contribution in [0.25, 0.3) is 11.3 Å². The van der Waals surface area contributed by atoms with Crippen molar-refractivity contribution in [2.45, 2.75) is 38.8 Å². The number of rotatable bonds is 4. The molecule has 0 spiro atoms. The lowest BCUT2D eigenvalue weighted by Crippen LogP contribution is -2.31. The van der Waals surface area contributed by atoms with Crippen molar-refractivity contribution in [2.24, 2.45) is 4.99 Å². The van der Waals surface area contributed by atoms with E-state index in [1.807, 2.05) is 24.4 Å². The van der Waals surface area contributed by atoms with Crippen molar-refractivity contribution in [3.63, 3.8) is 0 Å². The summed E-state index contributed by atoms with van der Waals surface area (Å²) >= 11 is 12.4. The molecule has 1 aromatic carbocycles. The van der Waals surface area contributed by atoms with Gasteiger partial charge in [0.25, 0.3) is 0 Å². The summed E-state index contributed by atoms with van der Waals surface area (Å²) in [6, 6.07) is 9.34. The minimum absolute atomic E-state index is 0.628. The molecule has 7 heteroatoms. The van der Waals surface area contributed by atoms with Crippen LogP contribution in [0.5, 0.6) is 0 Å². The van der Waals surface area contributed by atoms with E-state index in [9.17, 15) is 0 Å². The van der Waals surface area contributed by atoms with Gasteiger partial charge in [0.05, 0.1) is 23.0 Å². The quantitative estimate of drug-likeness (QED) is 0.531. The minimum Gasteiger partial charge on any atom is -0.460 e. The number of furan rings is 1. The van der Waals surface area contributed by atoms with E-state index in [2.05, 4.69) is 14.9 Å². The van der Waals surface area contributed by atoms with Crippen LogP contribution < -0.4 is 0 Å². The molecule has 2 aromatic heterocycles. The van der Waals surface area contributed by atoms with E-state index in [1.54, 1.807) is 12.1 Å². The molecule has 2 aliphatic heterocycles. The molecule has 0 fully saturated rings. The third-order valence-corrected chi connectivity index (χ3v) is 6.20. The third-order valence-electron chi connectivity index (χ3n) is 5.63. The summed E-state index contributed by atoms with van der Waals surface area (Å²) in [7, 11) is 0. The summed E-state index contributed by atoms with van der Waals surface area (Å²) in [5.74, 6) is 2.45. The highest BCUT2D eigenvalue weighted by Crippen LogP contribution is 2.32. The summed E-state index contributed by atoms with van der Waals surface area (Å²) in [5.41, 5.74) is 4.21. The molecule has 0 saturated heterocycles. The fourth-order valence-corrected chi connectivity index (χ4v) is 4.43. The van der Waals surface area contributed by atoms with Gasteiger partial charge in [0.1, 0.15) is 11.5 Å². The van der Waals surface area contributed by atoms with E-state index >= 15 is 0 Å². The van der Waals surface area contributed by atoms with E-state index < -0.39 is 0 Å². The van der Waals surface area contributed by atoms with Gasteiger partial charge in [-0.2, -0.15) is 0 Å². The summed E-state index contributed by atoms with van der Waals surface area (Å²) in [4.78, 5) is 16.4. The highest BCUT2D eigenvalue weighted by atomic mass is 35.5. The van der Waals surface area contributed by atoms with Gasteiger partial charge in [-0.05, 0) is 49.6 Å². The fourth-order valence-electron chi connectivity index (χ4n) is 4.04. The molecule has 3 aromatic rings. The zero-order valence-corrected chi connectivity index (χ0v) is 18.1. The predicted octanol–water partition coefficient (Wildman–Crippen LogP) is 5.57. The Labute approximate surface area is 185 Å². The van der Waals surface area contributed by atoms with Gasteiger partial charge in [-0.15, -0.1) is 0 Å². The average Bonchev–Trinajstić information content (AvgIpc) is 3.24. The highest BCUT2D eigenvalue weighted by Gasteiger charge is 2.21. The second-order valence-electron chi connectivity index (χ2n) is 7.80. The number of halogens is 2. The van der Waals surface area contributed by atoms with Crippen LogP contribution in [0.15, 0.2) is 45.9 Å². The predicted molar refractivity (Wildman–Crippen MR) is 119 cm³/mol. The number of aliphatic imine (C=N–C) groups is 1. The molecule has 2 aliphatic rings. The highest BCUT2D eigenvalue weighted by molar-refractivity contribution is 6.35. The van der Waals surface area contributed by atoms with Gasteiger partial charge in [0, 0.05) is 48.4 Å². The van der Waals surface area contributed by atoms with Crippen molar-refractivity contribution < 1.29 is 4.42 Å². The number of aromatic nitrogens is 2. The summed E-state index contributed by atoms with van der Waals surface area (Å²) in [5, 5.41) is 1.27. The Bertz CT molecular complexity index is 1110. The summed E-state index contributed by atoms with van der Waals surface area (Å²) in [6.07, 6.45) is 6.22. The lowest BCUT2D eigenvalue weighted by Gasteiger charge is -2.27. The summed E-state index contributed by atoms with van der Waals surface area (Å²) in [6.45, 7) is 3.38. The monoisotopic (exact) mass is 440 g/mol. The van der Waals surface area contributed by atoms with Crippen LogP contribution in [0.3, 0.4) is 0 Å². The second kappa shape index (κ2) is 8.50. The Kier molecular flexibility index (Phi) is 5.59. The first-order valence-corrected chi connectivity index (χ1v) is 11.1. The maximum atomic E-state index is 6.31. The zero-order chi connectivity index (χ0) is 20.5. The van der Waals surface area contributed by atoms with Gasteiger partial charge in [-0.1, -0.05) is 23.2 Å². The molecule has 0 amide bonds. The van der Waals surface area contributed by atoms with Crippen molar-refractivity contribution in [1.29, 1.82) is 0 Å². The molecule has 0 atom stereocenters. The Morgan fingerprint density at radius 2 is 2.00 bits per heavy atom. The van der Waals surface area contributed by atoms with Crippen LogP contribution in [-0.4, -0.2) is 33.7 Å². The molecule has 0 unspecified atom stereocenters. The van der Waals surface area contributed by atoms with Crippen LogP contribution in [0.4, 0.5) is 0 Å². The second-order valence-corrected chi connectivity index (χ2v) is 8.65. The first kappa shape index (κ1) is 19.7. The van der Waals surface area contributed by atoms with Gasteiger partial charge < -0.3 is 4.42 Å². The minimum atomic E-state index is 0.628. The van der Waals surface area contributed by atoms with E-state index in [-0.39, 0.29) is 0 Å². The molecule has 4 heterocycles. The topological polar surface area (TPSA) is 54.5 Å². The van der Waals surface area contributed by atoms with Crippen molar-refractivity contribution >= 4 is 28.9 Å². The maximum absolute atomic E-state index is 6.31. The lowest BCUT2D eigenvalue weighted by molar-refractivity contribution is 0.224.